The molecule has 0 N–H and O–H groups in total. The van der Waals surface area contributed by atoms with Crippen molar-refractivity contribution in [2.45, 2.75) is 13.5 Å². The molecule has 3 rings (SSSR count). The smallest absolute Gasteiger partial charge is 0.136 e. The van der Waals surface area contributed by atoms with E-state index in [2.05, 4.69) is 27.6 Å². The fourth-order valence-electron chi connectivity index (χ4n) is 1.86. The number of rotatable bonds is 2. The number of hydrogen-bond donors (Lipinski definition) is 0. The topological polar surface area (TPSA) is 35.1 Å². The number of fused-ring (bicyclic) bond motifs is 1. The maximum absolute atomic E-state index is 4.52. The normalized spacial score (nSPS) is 11.1. The Kier molecular flexibility index (Phi) is 1.99. The Bertz CT molecular complexity index is 606. The fraction of sp³-hybridized carbons (Fsp3) is 0.167. The highest BCUT2D eigenvalue weighted by molar-refractivity contribution is 5.63. The lowest BCUT2D eigenvalue weighted by Gasteiger charge is -1.94. The lowest BCUT2D eigenvalue weighted by atomic mass is 10.2. The van der Waals surface area contributed by atoms with Crippen molar-refractivity contribution in [1.29, 1.82) is 0 Å². The minimum absolute atomic E-state index is 0.956. The van der Waals surface area contributed by atoms with Crippen LogP contribution in [0.2, 0.25) is 0 Å². The van der Waals surface area contributed by atoms with Crippen LogP contribution in [0.1, 0.15) is 6.92 Å². The van der Waals surface area contributed by atoms with E-state index in [0.29, 0.717) is 0 Å². The van der Waals surface area contributed by atoms with Crippen LogP contribution in [-0.4, -0.2) is 19.2 Å². The zero-order valence-corrected chi connectivity index (χ0v) is 9.04. The molecule has 80 valence electrons. The van der Waals surface area contributed by atoms with Gasteiger partial charge in [0, 0.05) is 43.0 Å². The highest BCUT2D eigenvalue weighted by atomic mass is 15.3. The quantitative estimate of drug-likeness (QED) is 0.653. The summed E-state index contributed by atoms with van der Waals surface area (Å²) in [5, 5.41) is 4.52. The molecule has 0 aromatic carbocycles. The second-order valence-electron chi connectivity index (χ2n) is 3.65. The van der Waals surface area contributed by atoms with E-state index in [1.54, 1.807) is 12.4 Å². The van der Waals surface area contributed by atoms with Gasteiger partial charge < -0.3 is 4.57 Å². The molecule has 16 heavy (non-hydrogen) atoms. The Morgan fingerprint density at radius 3 is 2.75 bits per heavy atom. The summed E-state index contributed by atoms with van der Waals surface area (Å²) in [5.41, 5.74) is 3.20. The molecule has 0 atom stereocenters. The van der Waals surface area contributed by atoms with E-state index in [0.717, 1.165) is 23.4 Å². The van der Waals surface area contributed by atoms with Crippen molar-refractivity contribution < 1.29 is 0 Å². The average molecular weight is 212 g/mol. The van der Waals surface area contributed by atoms with Crippen LogP contribution in [0.5, 0.6) is 0 Å². The molecular formula is C12H12N4. The number of nitrogens with zero attached hydrogens (tertiary/aromatic N) is 4. The number of aromatic nitrogens is 4. The summed E-state index contributed by atoms with van der Waals surface area (Å²) in [7, 11) is 0. The van der Waals surface area contributed by atoms with E-state index in [-0.39, 0.29) is 0 Å². The zero-order valence-electron chi connectivity index (χ0n) is 9.04. The second-order valence-corrected chi connectivity index (χ2v) is 3.65. The largest absolute Gasteiger partial charge is 0.332 e. The molecular weight excluding hydrogens is 200 g/mol. The third-order valence-corrected chi connectivity index (χ3v) is 2.71. The highest BCUT2D eigenvalue weighted by Gasteiger charge is 2.06. The second kappa shape index (κ2) is 3.48. The number of aryl methyl sites for hydroxylation is 1. The van der Waals surface area contributed by atoms with Crippen molar-refractivity contribution in [3.63, 3.8) is 0 Å². The van der Waals surface area contributed by atoms with Crippen molar-refractivity contribution in [3.05, 3.63) is 43.0 Å². The molecule has 3 aromatic heterocycles. The molecule has 0 amide bonds. The van der Waals surface area contributed by atoms with E-state index in [1.807, 2.05) is 29.0 Å². The first-order chi connectivity index (χ1) is 7.88. The molecule has 0 fully saturated rings. The zero-order chi connectivity index (χ0) is 11.0. The first-order valence-electron chi connectivity index (χ1n) is 5.33. The summed E-state index contributed by atoms with van der Waals surface area (Å²) in [5.74, 6) is 0. The molecule has 0 aliphatic carbocycles. The first kappa shape index (κ1) is 9.15. The van der Waals surface area contributed by atoms with E-state index in [4.69, 9.17) is 0 Å². The van der Waals surface area contributed by atoms with Gasteiger partial charge in [-0.2, -0.15) is 5.10 Å². The van der Waals surface area contributed by atoms with Crippen LogP contribution in [0.25, 0.3) is 16.9 Å². The van der Waals surface area contributed by atoms with Gasteiger partial charge in [0.05, 0.1) is 5.69 Å². The van der Waals surface area contributed by atoms with Gasteiger partial charge in [-0.1, -0.05) is 0 Å². The minimum atomic E-state index is 0.956. The summed E-state index contributed by atoms with van der Waals surface area (Å²) in [4.78, 5) is 4.01. The first-order valence-corrected chi connectivity index (χ1v) is 5.33. The van der Waals surface area contributed by atoms with Crippen LogP contribution in [0.15, 0.2) is 43.0 Å². The predicted molar refractivity (Wildman–Crippen MR) is 62.1 cm³/mol. The number of hydrogen-bond acceptors (Lipinski definition) is 2. The van der Waals surface area contributed by atoms with Crippen molar-refractivity contribution in [2.24, 2.45) is 0 Å². The molecule has 0 aliphatic heterocycles. The van der Waals surface area contributed by atoms with Crippen LogP contribution < -0.4 is 0 Å². The minimum Gasteiger partial charge on any atom is -0.332 e. The molecule has 3 aromatic rings. The Morgan fingerprint density at radius 1 is 1.19 bits per heavy atom. The molecule has 0 bridgehead atoms. The van der Waals surface area contributed by atoms with Crippen molar-refractivity contribution in [3.8, 4) is 11.3 Å². The monoisotopic (exact) mass is 212 g/mol. The van der Waals surface area contributed by atoms with Crippen LogP contribution in [-0.2, 0) is 6.54 Å². The van der Waals surface area contributed by atoms with E-state index < -0.39 is 0 Å². The molecule has 0 spiro atoms. The third kappa shape index (κ3) is 1.31. The molecule has 0 aliphatic rings. The maximum Gasteiger partial charge on any atom is 0.136 e. The molecule has 4 heteroatoms. The lowest BCUT2D eigenvalue weighted by Crippen LogP contribution is -1.90. The van der Waals surface area contributed by atoms with Crippen LogP contribution in [0.4, 0.5) is 0 Å². The predicted octanol–water partition coefficient (Wildman–Crippen LogP) is 2.22. The van der Waals surface area contributed by atoms with Gasteiger partial charge in [-0.15, -0.1) is 0 Å². The molecule has 0 saturated heterocycles. The van der Waals surface area contributed by atoms with E-state index >= 15 is 0 Å². The summed E-state index contributed by atoms with van der Waals surface area (Å²) < 4.78 is 4.07. The van der Waals surface area contributed by atoms with Gasteiger partial charge in [0.15, 0.2) is 0 Å². The summed E-state index contributed by atoms with van der Waals surface area (Å²) in [6.07, 6.45) is 7.59. The van der Waals surface area contributed by atoms with E-state index in [9.17, 15) is 0 Å². The third-order valence-electron chi connectivity index (χ3n) is 2.71. The Hall–Kier alpha value is -2.10. The van der Waals surface area contributed by atoms with Gasteiger partial charge in [-0.05, 0) is 19.1 Å². The van der Waals surface area contributed by atoms with Crippen molar-refractivity contribution in [2.75, 3.05) is 0 Å². The fourth-order valence-corrected chi connectivity index (χ4v) is 1.86. The van der Waals surface area contributed by atoms with Crippen LogP contribution in [0, 0.1) is 0 Å². The summed E-state index contributed by atoms with van der Waals surface area (Å²) in [6.45, 7) is 3.08. The highest BCUT2D eigenvalue weighted by Crippen LogP contribution is 2.19. The number of pyridine rings is 1. The molecule has 3 heterocycles. The Balaban J connectivity index is 2.16. The van der Waals surface area contributed by atoms with Crippen LogP contribution in [0.3, 0.4) is 0 Å². The average Bonchev–Trinajstić information content (AvgIpc) is 2.89. The van der Waals surface area contributed by atoms with Gasteiger partial charge in [0.25, 0.3) is 0 Å². The van der Waals surface area contributed by atoms with Crippen molar-refractivity contribution >= 4 is 5.65 Å². The molecule has 0 saturated carbocycles. The van der Waals surface area contributed by atoms with Crippen LogP contribution >= 0.6 is 0 Å². The lowest BCUT2D eigenvalue weighted by molar-refractivity contribution is 0.789. The maximum atomic E-state index is 4.52. The summed E-state index contributed by atoms with van der Waals surface area (Å²) >= 11 is 0. The van der Waals surface area contributed by atoms with Gasteiger partial charge in [0.2, 0.25) is 0 Å². The number of imidazole rings is 1. The Morgan fingerprint density at radius 2 is 2.00 bits per heavy atom. The molecule has 0 radical (unpaired) electrons. The molecule has 4 nitrogen and oxygen atoms in total. The van der Waals surface area contributed by atoms with E-state index in [1.165, 1.54) is 0 Å². The van der Waals surface area contributed by atoms with Gasteiger partial charge in [-0.3, -0.25) is 4.98 Å². The van der Waals surface area contributed by atoms with Gasteiger partial charge >= 0.3 is 0 Å². The van der Waals surface area contributed by atoms with Crippen molar-refractivity contribution in [1.82, 2.24) is 19.2 Å². The molecule has 0 unspecified atom stereocenters. The standard InChI is InChI=1S/C12H12N4/c1-2-15-7-8-16-12(15)9-11(14-16)10-3-5-13-6-4-10/h3-9H,2H2,1H3. The van der Waals surface area contributed by atoms with Gasteiger partial charge in [-0.25, -0.2) is 4.52 Å². The SMILES string of the molecule is CCn1ccn2nc(-c3ccncc3)cc12. The summed E-state index contributed by atoms with van der Waals surface area (Å²) in [6, 6.07) is 6.04. The van der Waals surface area contributed by atoms with Gasteiger partial charge in [0.1, 0.15) is 5.65 Å². The Labute approximate surface area is 93.2 Å².